The largest absolute Gasteiger partial charge is 0.459 e. The van der Waals surface area contributed by atoms with Gasteiger partial charge in [-0.3, -0.25) is 4.79 Å². The first kappa shape index (κ1) is 13.2. The number of nitrogens with zero attached hydrogens (tertiary/aromatic N) is 1. The number of anilines is 1. The Kier molecular flexibility index (Phi) is 3.90. The Bertz CT molecular complexity index is 575. The maximum absolute atomic E-state index is 12.4. The molecule has 0 aliphatic heterocycles. The number of aryl methyl sites for hydroxylation is 1. The van der Waals surface area contributed by atoms with Crippen molar-refractivity contribution >= 4 is 11.6 Å². The van der Waals surface area contributed by atoms with E-state index in [0.717, 1.165) is 11.1 Å². The number of rotatable bonds is 4. The highest BCUT2D eigenvalue weighted by atomic mass is 16.3. The predicted octanol–water partition coefficient (Wildman–Crippen LogP) is 2.83. The molecule has 0 aliphatic rings. The number of carbonyl (C=O) groups is 1. The Hall–Kier alpha value is -2.23. The highest BCUT2D eigenvalue weighted by Crippen LogP contribution is 2.17. The van der Waals surface area contributed by atoms with Crippen LogP contribution in [0.25, 0.3) is 0 Å². The molecule has 0 unspecified atom stereocenters. The molecule has 19 heavy (non-hydrogen) atoms. The van der Waals surface area contributed by atoms with Crippen molar-refractivity contribution in [3.05, 3.63) is 53.5 Å². The van der Waals surface area contributed by atoms with Crippen molar-refractivity contribution in [1.29, 1.82) is 0 Å². The monoisotopic (exact) mass is 258 g/mol. The zero-order chi connectivity index (χ0) is 13.8. The normalized spacial score (nSPS) is 10.4. The van der Waals surface area contributed by atoms with Crippen LogP contribution in [0.3, 0.4) is 0 Å². The van der Waals surface area contributed by atoms with E-state index < -0.39 is 0 Å². The third-order valence-corrected chi connectivity index (χ3v) is 3.14. The van der Waals surface area contributed by atoms with E-state index in [1.807, 2.05) is 38.1 Å². The van der Waals surface area contributed by atoms with Crippen LogP contribution >= 0.6 is 0 Å². The van der Waals surface area contributed by atoms with Gasteiger partial charge in [-0.25, -0.2) is 0 Å². The Morgan fingerprint density at radius 2 is 2.05 bits per heavy atom. The Morgan fingerprint density at radius 1 is 1.32 bits per heavy atom. The van der Waals surface area contributed by atoms with E-state index in [0.29, 0.717) is 24.5 Å². The van der Waals surface area contributed by atoms with Crippen molar-refractivity contribution in [3.63, 3.8) is 0 Å². The van der Waals surface area contributed by atoms with Crippen LogP contribution in [0.5, 0.6) is 0 Å². The number of amides is 1. The van der Waals surface area contributed by atoms with Gasteiger partial charge in [-0.1, -0.05) is 18.2 Å². The molecule has 0 bridgehead atoms. The minimum atomic E-state index is -0.103. The summed E-state index contributed by atoms with van der Waals surface area (Å²) in [5, 5.41) is 0. The van der Waals surface area contributed by atoms with Crippen LogP contribution in [0.4, 0.5) is 5.69 Å². The van der Waals surface area contributed by atoms with E-state index in [4.69, 9.17) is 10.2 Å². The fourth-order valence-corrected chi connectivity index (χ4v) is 1.95. The van der Waals surface area contributed by atoms with Gasteiger partial charge in [0.05, 0.1) is 6.26 Å². The summed E-state index contributed by atoms with van der Waals surface area (Å²) in [5.41, 5.74) is 8.41. The highest BCUT2D eigenvalue weighted by molar-refractivity contribution is 5.92. The number of furan rings is 1. The Balaban J connectivity index is 2.20. The van der Waals surface area contributed by atoms with Crippen LogP contribution < -0.4 is 5.73 Å². The fourth-order valence-electron chi connectivity index (χ4n) is 1.95. The van der Waals surface area contributed by atoms with Gasteiger partial charge in [0.1, 0.15) is 0 Å². The lowest BCUT2D eigenvalue weighted by atomic mass is 10.1. The Morgan fingerprint density at radius 3 is 2.63 bits per heavy atom. The van der Waals surface area contributed by atoms with E-state index in [9.17, 15) is 4.79 Å². The molecule has 2 rings (SSSR count). The quantitative estimate of drug-likeness (QED) is 0.858. The van der Waals surface area contributed by atoms with E-state index in [2.05, 4.69) is 0 Å². The maximum atomic E-state index is 12.4. The number of carbonyl (C=O) groups excluding carboxylic acids is 1. The fraction of sp³-hybridized carbons (Fsp3) is 0.267. The summed E-state index contributed by atoms with van der Waals surface area (Å²) in [5.74, 6) is 0.296. The van der Waals surface area contributed by atoms with Crippen molar-refractivity contribution in [1.82, 2.24) is 4.90 Å². The SMILES string of the molecule is CCN(Cc1ccccc1N)C(=O)c1occc1C. The lowest BCUT2D eigenvalue weighted by Crippen LogP contribution is -2.30. The lowest BCUT2D eigenvalue weighted by molar-refractivity contribution is 0.0720. The van der Waals surface area contributed by atoms with Gasteiger partial charge < -0.3 is 15.1 Å². The summed E-state index contributed by atoms with van der Waals surface area (Å²) in [4.78, 5) is 14.1. The van der Waals surface area contributed by atoms with Gasteiger partial charge in [0.15, 0.2) is 5.76 Å². The van der Waals surface area contributed by atoms with Crippen molar-refractivity contribution < 1.29 is 9.21 Å². The minimum Gasteiger partial charge on any atom is -0.459 e. The molecule has 4 heteroatoms. The molecule has 2 aromatic rings. The van der Waals surface area contributed by atoms with Crippen LogP contribution in [0.2, 0.25) is 0 Å². The smallest absolute Gasteiger partial charge is 0.290 e. The summed E-state index contributed by atoms with van der Waals surface area (Å²) < 4.78 is 5.25. The van der Waals surface area contributed by atoms with Crippen molar-refractivity contribution in [2.45, 2.75) is 20.4 Å². The van der Waals surface area contributed by atoms with Gasteiger partial charge in [-0.2, -0.15) is 0 Å². The van der Waals surface area contributed by atoms with E-state index in [-0.39, 0.29) is 5.91 Å². The van der Waals surface area contributed by atoms with Crippen molar-refractivity contribution in [2.75, 3.05) is 12.3 Å². The molecule has 0 saturated carbocycles. The van der Waals surface area contributed by atoms with Gasteiger partial charge in [0.25, 0.3) is 5.91 Å². The number of para-hydroxylation sites is 1. The van der Waals surface area contributed by atoms with Crippen LogP contribution in [0, 0.1) is 6.92 Å². The first-order valence-corrected chi connectivity index (χ1v) is 6.30. The zero-order valence-electron chi connectivity index (χ0n) is 11.2. The third-order valence-electron chi connectivity index (χ3n) is 3.14. The molecule has 0 aliphatic carbocycles. The minimum absolute atomic E-state index is 0.103. The third kappa shape index (κ3) is 2.78. The van der Waals surface area contributed by atoms with Gasteiger partial charge in [-0.05, 0) is 31.5 Å². The average Bonchev–Trinajstić information content (AvgIpc) is 2.83. The summed E-state index contributed by atoms with van der Waals surface area (Å²) in [6.07, 6.45) is 1.54. The molecule has 0 spiro atoms. The van der Waals surface area contributed by atoms with Crippen LogP contribution in [0.1, 0.15) is 28.6 Å². The molecule has 1 heterocycles. The van der Waals surface area contributed by atoms with E-state index >= 15 is 0 Å². The average molecular weight is 258 g/mol. The molecule has 0 fully saturated rings. The molecule has 0 radical (unpaired) electrons. The highest BCUT2D eigenvalue weighted by Gasteiger charge is 2.19. The number of benzene rings is 1. The molecular formula is C15H18N2O2. The van der Waals surface area contributed by atoms with Gasteiger partial charge >= 0.3 is 0 Å². The molecule has 2 N–H and O–H groups in total. The summed E-state index contributed by atoms with van der Waals surface area (Å²) in [6.45, 7) is 4.90. The first-order chi connectivity index (χ1) is 9.13. The summed E-state index contributed by atoms with van der Waals surface area (Å²) >= 11 is 0. The number of nitrogens with two attached hydrogens (primary N) is 1. The number of nitrogen functional groups attached to an aromatic ring is 1. The molecule has 0 saturated heterocycles. The topological polar surface area (TPSA) is 59.5 Å². The molecule has 1 aromatic carbocycles. The number of hydrogen-bond acceptors (Lipinski definition) is 3. The van der Waals surface area contributed by atoms with Gasteiger partial charge in [-0.15, -0.1) is 0 Å². The maximum Gasteiger partial charge on any atom is 0.290 e. The molecule has 1 amide bonds. The summed E-state index contributed by atoms with van der Waals surface area (Å²) in [6, 6.07) is 9.36. The zero-order valence-corrected chi connectivity index (χ0v) is 11.2. The standard InChI is InChI=1S/C15H18N2O2/c1-3-17(10-12-6-4-5-7-13(12)16)15(18)14-11(2)8-9-19-14/h4-9H,3,10,16H2,1-2H3. The van der Waals surface area contributed by atoms with Gasteiger partial charge in [0.2, 0.25) is 0 Å². The van der Waals surface area contributed by atoms with Crippen LogP contribution in [-0.2, 0) is 6.54 Å². The molecule has 0 atom stereocenters. The van der Waals surface area contributed by atoms with Crippen molar-refractivity contribution in [3.8, 4) is 0 Å². The molecule has 100 valence electrons. The van der Waals surface area contributed by atoms with Crippen LogP contribution in [-0.4, -0.2) is 17.4 Å². The van der Waals surface area contributed by atoms with Gasteiger partial charge in [0, 0.05) is 24.3 Å². The molecular weight excluding hydrogens is 240 g/mol. The second-order valence-corrected chi connectivity index (χ2v) is 4.45. The lowest BCUT2D eigenvalue weighted by Gasteiger charge is -2.21. The Labute approximate surface area is 112 Å². The summed E-state index contributed by atoms with van der Waals surface area (Å²) in [7, 11) is 0. The van der Waals surface area contributed by atoms with E-state index in [1.54, 1.807) is 11.0 Å². The van der Waals surface area contributed by atoms with E-state index in [1.165, 1.54) is 6.26 Å². The molecule has 1 aromatic heterocycles. The first-order valence-electron chi connectivity index (χ1n) is 6.30. The van der Waals surface area contributed by atoms with Crippen molar-refractivity contribution in [2.24, 2.45) is 0 Å². The second kappa shape index (κ2) is 5.61. The van der Waals surface area contributed by atoms with Crippen LogP contribution in [0.15, 0.2) is 41.0 Å². The number of hydrogen-bond donors (Lipinski definition) is 1. The molecule has 4 nitrogen and oxygen atoms in total. The predicted molar refractivity (Wildman–Crippen MR) is 74.7 cm³/mol. The second-order valence-electron chi connectivity index (χ2n) is 4.45.